The van der Waals surface area contributed by atoms with Gasteiger partial charge in [0.25, 0.3) is 0 Å². The van der Waals surface area contributed by atoms with Crippen molar-refractivity contribution in [1.29, 1.82) is 0 Å². The summed E-state index contributed by atoms with van der Waals surface area (Å²) >= 11 is 0. The molecular formula is C15H19NO2. The number of rotatable bonds is 3. The van der Waals surface area contributed by atoms with Crippen LogP contribution in [0.15, 0.2) is 30.3 Å². The predicted molar refractivity (Wildman–Crippen MR) is 68.9 cm³/mol. The van der Waals surface area contributed by atoms with Crippen LogP contribution in [0.4, 0.5) is 0 Å². The molecule has 1 saturated carbocycles. The van der Waals surface area contributed by atoms with Gasteiger partial charge >= 0.3 is 5.97 Å². The van der Waals surface area contributed by atoms with E-state index in [4.69, 9.17) is 4.74 Å². The van der Waals surface area contributed by atoms with Gasteiger partial charge in [-0.1, -0.05) is 30.3 Å². The number of hydrogen-bond donors (Lipinski definition) is 0. The van der Waals surface area contributed by atoms with Crippen LogP contribution in [-0.4, -0.2) is 30.5 Å². The molecule has 3 rings (SSSR count). The van der Waals surface area contributed by atoms with Crippen LogP contribution in [0.5, 0.6) is 0 Å². The average Bonchev–Trinajstić information content (AvgIpc) is 2.96. The average molecular weight is 245 g/mol. The molecule has 3 atom stereocenters. The summed E-state index contributed by atoms with van der Waals surface area (Å²) in [6.45, 7) is 1.46. The highest BCUT2D eigenvalue weighted by Crippen LogP contribution is 2.41. The van der Waals surface area contributed by atoms with E-state index in [1.54, 1.807) is 0 Å². The van der Waals surface area contributed by atoms with Crippen LogP contribution in [0.1, 0.15) is 18.4 Å². The third kappa shape index (κ3) is 2.15. The molecule has 2 aliphatic rings. The van der Waals surface area contributed by atoms with Crippen molar-refractivity contribution in [3.63, 3.8) is 0 Å². The molecule has 96 valence electrons. The third-order valence-corrected chi connectivity index (χ3v) is 4.34. The Morgan fingerprint density at radius 2 is 2.11 bits per heavy atom. The fourth-order valence-corrected chi connectivity index (χ4v) is 3.30. The standard InChI is InChI=1S/C15H19NO2/c1-16-9-12-7-13(16)8-14(12)15(17)18-10-11-5-3-2-4-6-11/h2-6,12-14H,7-10H2,1H3. The summed E-state index contributed by atoms with van der Waals surface area (Å²) in [6, 6.07) is 10.5. The minimum atomic E-state index is -0.000506. The minimum absolute atomic E-state index is 0.000506. The molecule has 1 saturated heterocycles. The van der Waals surface area contributed by atoms with Crippen molar-refractivity contribution in [2.45, 2.75) is 25.5 Å². The third-order valence-electron chi connectivity index (χ3n) is 4.34. The number of fused-ring (bicyclic) bond motifs is 2. The quantitative estimate of drug-likeness (QED) is 0.763. The molecule has 2 bridgehead atoms. The Balaban J connectivity index is 1.54. The zero-order chi connectivity index (χ0) is 12.5. The lowest BCUT2D eigenvalue weighted by Gasteiger charge is -2.26. The number of esters is 1. The van der Waals surface area contributed by atoms with Crippen LogP contribution in [-0.2, 0) is 16.1 Å². The first-order valence-corrected chi connectivity index (χ1v) is 6.65. The van der Waals surface area contributed by atoms with Crippen molar-refractivity contribution in [3.8, 4) is 0 Å². The molecule has 0 aromatic heterocycles. The zero-order valence-corrected chi connectivity index (χ0v) is 10.7. The van der Waals surface area contributed by atoms with Gasteiger partial charge in [0, 0.05) is 12.6 Å². The summed E-state index contributed by atoms with van der Waals surface area (Å²) in [5.74, 6) is 0.651. The Hall–Kier alpha value is -1.35. The summed E-state index contributed by atoms with van der Waals surface area (Å²) in [7, 11) is 2.15. The second-order valence-electron chi connectivity index (χ2n) is 5.52. The van der Waals surface area contributed by atoms with Gasteiger partial charge in [0.1, 0.15) is 6.61 Å². The van der Waals surface area contributed by atoms with Crippen molar-refractivity contribution in [3.05, 3.63) is 35.9 Å². The van der Waals surface area contributed by atoms with Crippen molar-refractivity contribution < 1.29 is 9.53 Å². The smallest absolute Gasteiger partial charge is 0.309 e. The summed E-state index contributed by atoms with van der Waals surface area (Å²) in [4.78, 5) is 14.4. The number of nitrogens with zero attached hydrogens (tertiary/aromatic N) is 1. The molecule has 1 aromatic rings. The molecular weight excluding hydrogens is 226 g/mol. The fourth-order valence-electron chi connectivity index (χ4n) is 3.30. The first-order chi connectivity index (χ1) is 8.74. The molecule has 0 spiro atoms. The van der Waals surface area contributed by atoms with E-state index in [1.807, 2.05) is 30.3 Å². The summed E-state index contributed by atoms with van der Waals surface area (Å²) < 4.78 is 5.44. The summed E-state index contributed by atoms with van der Waals surface area (Å²) in [5.41, 5.74) is 1.06. The lowest BCUT2D eigenvalue weighted by molar-refractivity contribution is -0.152. The zero-order valence-electron chi connectivity index (χ0n) is 10.7. The Kier molecular flexibility index (Phi) is 3.08. The largest absolute Gasteiger partial charge is 0.461 e. The molecule has 0 N–H and O–H groups in total. The molecule has 0 amide bonds. The number of piperidine rings is 1. The van der Waals surface area contributed by atoms with E-state index in [0.717, 1.165) is 18.5 Å². The monoisotopic (exact) mass is 245 g/mol. The van der Waals surface area contributed by atoms with E-state index in [0.29, 0.717) is 18.6 Å². The van der Waals surface area contributed by atoms with E-state index in [1.165, 1.54) is 6.42 Å². The topological polar surface area (TPSA) is 29.5 Å². The Bertz CT molecular complexity index is 429. The van der Waals surface area contributed by atoms with E-state index in [-0.39, 0.29) is 11.9 Å². The highest BCUT2D eigenvalue weighted by Gasteiger charge is 2.46. The highest BCUT2D eigenvalue weighted by molar-refractivity contribution is 5.73. The van der Waals surface area contributed by atoms with Gasteiger partial charge < -0.3 is 9.64 Å². The number of hydrogen-bond acceptors (Lipinski definition) is 3. The van der Waals surface area contributed by atoms with E-state index < -0.39 is 0 Å². The van der Waals surface area contributed by atoms with Gasteiger partial charge in [-0.05, 0) is 31.4 Å². The Morgan fingerprint density at radius 3 is 2.72 bits per heavy atom. The Morgan fingerprint density at radius 1 is 1.33 bits per heavy atom. The molecule has 3 unspecified atom stereocenters. The van der Waals surface area contributed by atoms with Crippen molar-refractivity contribution in [2.24, 2.45) is 11.8 Å². The highest BCUT2D eigenvalue weighted by atomic mass is 16.5. The predicted octanol–water partition coefficient (Wildman–Crippen LogP) is 2.07. The number of carbonyl (C=O) groups is 1. The molecule has 3 heteroatoms. The SMILES string of the molecule is CN1CC2CC1CC2C(=O)OCc1ccccc1. The first kappa shape index (κ1) is 11.7. The maximum Gasteiger partial charge on any atom is 0.309 e. The maximum atomic E-state index is 12.1. The molecule has 1 aromatic carbocycles. The fraction of sp³-hybridized carbons (Fsp3) is 0.533. The number of likely N-dealkylation sites (tertiary alicyclic amines) is 1. The molecule has 18 heavy (non-hydrogen) atoms. The second-order valence-corrected chi connectivity index (χ2v) is 5.52. The normalized spacial score (nSPS) is 30.6. The van der Waals surface area contributed by atoms with Crippen LogP contribution < -0.4 is 0 Å². The van der Waals surface area contributed by atoms with Crippen LogP contribution in [0.25, 0.3) is 0 Å². The number of ether oxygens (including phenoxy) is 1. The van der Waals surface area contributed by atoms with E-state index in [2.05, 4.69) is 11.9 Å². The van der Waals surface area contributed by atoms with Gasteiger partial charge in [-0.3, -0.25) is 4.79 Å². The number of carbonyl (C=O) groups excluding carboxylic acids is 1. The van der Waals surface area contributed by atoms with E-state index in [9.17, 15) is 4.79 Å². The van der Waals surface area contributed by atoms with Crippen molar-refractivity contribution >= 4 is 5.97 Å². The number of benzene rings is 1. The minimum Gasteiger partial charge on any atom is -0.461 e. The first-order valence-electron chi connectivity index (χ1n) is 6.65. The molecule has 1 aliphatic carbocycles. The van der Waals surface area contributed by atoms with Gasteiger partial charge in [0.2, 0.25) is 0 Å². The Labute approximate surface area is 108 Å². The van der Waals surface area contributed by atoms with Gasteiger partial charge in [0.05, 0.1) is 5.92 Å². The lowest BCUT2D eigenvalue weighted by atomic mass is 9.95. The van der Waals surface area contributed by atoms with Gasteiger partial charge in [-0.25, -0.2) is 0 Å². The molecule has 1 heterocycles. The maximum absolute atomic E-state index is 12.1. The van der Waals surface area contributed by atoms with Crippen molar-refractivity contribution in [2.75, 3.05) is 13.6 Å². The van der Waals surface area contributed by atoms with Crippen LogP contribution in [0.2, 0.25) is 0 Å². The van der Waals surface area contributed by atoms with Crippen LogP contribution in [0, 0.1) is 11.8 Å². The van der Waals surface area contributed by atoms with E-state index >= 15 is 0 Å². The second kappa shape index (κ2) is 4.73. The summed E-state index contributed by atoms with van der Waals surface area (Å²) in [6.07, 6.45) is 2.15. The van der Waals surface area contributed by atoms with Crippen LogP contribution in [0.3, 0.4) is 0 Å². The molecule has 0 radical (unpaired) electrons. The van der Waals surface area contributed by atoms with Crippen molar-refractivity contribution in [1.82, 2.24) is 4.90 Å². The summed E-state index contributed by atoms with van der Waals surface area (Å²) in [5, 5.41) is 0. The lowest BCUT2D eigenvalue weighted by Crippen LogP contribution is -2.35. The van der Waals surface area contributed by atoms with Crippen LogP contribution >= 0.6 is 0 Å². The van der Waals surface area contributed by atoms with Gasteiger partial charge in [0.15, 0.2) is 0 Å². The van der Waals surface area contributed by atoms with Gasteiger partial charge in [-0.2, -0.15) is 0 Å². The molecule has 1 aliphatic heterocycles. The molecule has 3 nitrogen and oxygen atoms in total. The molecule has 2 fully saturated rings. The van der Waals surface area contributed by atoms with Gasteiger partial charge in [-0.15, -0.1) is 0 Å².